The zero-order valence-electron chi connectivity index (χ0n) is 19.1. The van der Waals surface area contributed by atoms with Gasteiger partial charge in [-0.25, -0.2) is 12.8 Å². The average Bonchev–Trinajstić information content (AvgIpc) is 2.82. The second kappa shape index (κ2) is 9.82. The number of nitrogens with zero attached hydrogens (tertiary/aromatic N) is 2. The van der Waals surface area contributed by atoms with Gasteiger partial charge in [0.2, 0.25) is 0 Å². The summed E-state index contributed by atoms with van der Waals surface area (Å²) in [5, 5.41) is 2.86. The van der Waals surface area contributed by atoms with E-state index >= 15 is 0 Å². The zero-order chi connectivity index (χ0) is 24.3. The highest BCUT2D eigenvalue weighted by Crippen LogP contribution is 2.21. The van der Waals surface area contributed by atoms with E-state index in [-0.39, 0.29) is 16.4 Å². The van der Waals surface area contributed by atoms with Crippen LogP contribution in [0, 0.1) is 12.7 Å². The Morgan fingerprint density at radius 2 is 1.50 bits per heavy atom. The molecular weight excluding hydrogens is 455 g/mol. The lowest BCUT2D eigenvalue weighted by Crippen LogP contribution is -2.44. The van der Waals surface area contributed by atoms with Gasteiger partial charge < -0.3 is 15.1 Å². The number of hydrogen-bond acceptors (Lipinski definition) is 5. The second-order valence-electron chi connectivity index (χ2n) is 8.39. The van der Waals surface area contributed by atoms with Crippen LogP contribution in [0.4, 0.5) is 21.5 Å². The molecule has 1 fully saturated rings. The van der Waals surface area contributed by atoms with Crippen LogP contribution >= 0.6 is 0 Å². The van der Waals surface area contributed by atoms with Gasteiger partial charge >= 0.3 is 0 Å². The molecule has 0 radical (unpaired) electrons. The third-order valence-corrected chi connectivity index (χ3v) is 7.21. The van der Waals surface area contributed by atoms with Crippen molar-refractivity contribution < 1.29 is 17.6 Å². The van der Waals surface area contributed by atoms with Crippen LogP contribution in [0.1, 0.15) is 15.9 Å². The molecule has 0 atom stereocenters. The molecular formula is C25H27FN4O3S. The topological polar surface area (TPSA) is 81.7 Å². The van der Waals surface area contributed by atoms with E-state index in [0.29, 0.717) is 16.9 Å². The van der Waals surface area contributed by atoms with Crippen LogP contribution in [-0.4, -0.2) is 52.5 Å². The first kappa shape index (κ1) is 23.7. The number of aryl methyl sites for hydroxylation is 1. The number of anilines is 3. The van der Waals surface area contributed by atoms with Gasteiger partial charge in [0.15, 0.2) is 0 Å². The summed E-state index contributed by atoms with van der Waals surface area (Å²) in [6.07, 6.45) is 0. The van der Waals surface area contributed by atoms with Gasteiger partial charge in [-0.1, -0.05) is 0 Å². The number of likely N-dealkylation sites (N-methyl/N-ethyl adjacent to an activating group) is 1. The Labute approximate surface area is 199 Å². The molecule has 0 aliphatic carbocycles. The minimum absolute atomic E-state index is 0.0340. The van der Waals surface area contributed by atoms with Crippen LogP contribution in [-0.2, 0) is 10.0 Å². The number of benzene rings is 3. The van der Waals surface area contributed by atoms with E-state index in [4.69, 9.17) is 0 Å². The summed E-state index contributed by atoms with van der Waals surface area (Å²) in [6.45, 7) is 5.49. The molecule has 9 heteroatoms. The highest BCUT2D eigenvalue weighted by molar-refractivity contribution is 7.92. The molecule has 4 rings (SSSR count). The predicted octanol–water partition coefficient (Wildman–Crippen LogP) is 3.94. The third-order valence-electron chi connectivity index (χ3n) is 5.83. The average molecular weight is 483 g/mol. The fourth-order valence-electron chi connectivity index (χ4n) is 3.71. The number of rotatable bonds is 6. The summed E-state index contributed by atoms with van der Waals surface area (Å²) in [4.78, 5) is 17.2. The number of sulfonamides is 1. The van der Waals surface area contributed by atoms with E-state index in [0.717, 1.165) is 37.9 Å². The Morgan fingerprint density at radius 3 is 2.12 bits per heavy atom. The van der Waals surface area contributed by atoms with Crippen molar-refractivity contribution in [3.8, 4) is 0 Å². The molecule has 2 N–H and O–H groups in total. The lowest BCUT2D eigenvalue weighted by Gasteiger charge is -2.34. The number of piperazine rings is 1. The van der Waals surface area contributed by atoms with Crippen LogP contribution in [0.25, 0.3) is 0 Å². The van der Waals surface area contributed by atoms with E-state index in [2.05, 4.69) is 26.9 Å². The molecule has 0 bridgehead atoms. The number of carbonyl (C=O) groups excluding carboxylic acids is 1. The first-order chi connectivity index (χ1) is 16.2. The van der Waals surface area contributed by atoms with Gasteiger partial charge in [0.05, 0.1) is 4.90 Å². The Kier molecular flexibility index (Phi) is 6.85. The van der Waals surface area contributed by atoms with Crippen molar-refractivity contribution in [1.29, 1.82) is 0 Å². The van der Waals surface area contributed by atoms with E-state index in [1.54, 1.807) is 12.1 Å². The maximum atomic E-state index is 13.5. The molecule has 0 spiro atoms. The maximum absolute atomic E-state index is 13.5. The molecule has 0 saturated carbocycles. The largest absolute Gasteiger partial charge is 0.369 e. The number of nitrogens with one attached hydrogen (secondary N) is 2. The summed E-state index contributed by atoms with van der Waals surface area (Å²) >= 11 is 0. The molecule has 7 nitrogen and oxygen atoms in total. The molecule has 178 valence electrons. The van der Waals surface area contributed by atoms with E-state index in [9.17, 15) is 17.6 Å². The van der Waals surface area contributed by atoms with Crippen molar-refractivity contribution in [2.24, 2.45) is 0 Å². The molecule has 1 amide bonds. The van der Waals surface area contributed by atoms with Crippen molar-refractivity contribution in [3.05, 3.63) is 83.7 Å². The second-order valence-corrected chi connectivity index (χ2v) is 10.1. The van der Waals surface area contributed by atoms with Crippen molar-refractivity contribution in [2.45, 2.75) is 11.8 Å². The van der Waals surface area contributed by atoms with Gasteiger partial charge in [-0.2, -0.15) is 0 Å². The number of amides is 1. The zero-order valence-corrected chi connectivity index (χ0v) is 19.9. The van der Waals surface area contributed by atoms with Crippen LogP contribution in [0.3, 0.4) is 0 Å². The minimum Gasteiger partial charge on any atom is -0.369 e. The van der Waals surface area contributed by atoms with Crippen molar-refractivity contribution in [3.63, 3.8) is 0 Å². The highest BCUT2D eigenvalue weighted by atomic mass is 32.2. The van der Waals surface area contributed by atoms with Crippen LogP contribution in [0.2, 0.25) is 0 Å². The fraction of sp³-hybridized carbons (Fsp3) is 0.240. The molecule has 34 heavy (non-hydrogen) atoms. The van der Waals surface area contributed by atoms with Gasteiger partial charge in [-0.15, -0.1) is 0 Å². The van der Waals surface area contributed by atoms with Crippen molar-refractivity contribution in [1.82, 2.24) is 4.90 Å². The monoisotopic (exact) mass is 482 g/mol. The molecule has 3 aromatic carbocycles. The smallest absolute Gasteiger partial charge is 0.261 e. The number of halogens is 1. The van der Waals surface area contributed by atoms with Crippen molar-refractivity contribution in [2.75, 3.05) is 48.2 Å². The van der Waals surface area contributed by atoms with Gasteiger partial charge in [0, 0.05) is 48.8 Å². The first-order valence-corrected chi connectivity index (χ1v) is 12.4. The number of carbonyl (C=O) groups is 1. The Morgan fingerprint density at radius 1 is 0.882 bits per heavy atom. The molecule has 0 unspecified atom stereocenters. The normalized spacial score (nSPS) is 14.6. The van der Waals surface area contributed by atoms with E-state index < -0.39 is 15.8 Å². The number of hydrogen-bond donors (Lipinski definition) is 2. The van der Waals surface area contributed by atoms with Gasteiger partial charge in [0.25, 0.3) is 15.9 Å². The van der Waals surface area contributed by atoms with Crippen LogP contribution < -0.4 is 14.9 Å². The van der Waals surface area contributed by atoms with E-state index in [1.807, 2.05) is 24.3 Å². The maximum Gasteiger partial charge on any atom is 0.261 e. The molecule has 1 aliphatic rings. The summed E-state index contributed by atoms with van der Waals surface area (Å²) in [5.41, 5.74) is 2.74. The predicted molar refractivity (Wildman–Crippen MR) is 132 cm³/mol. The third kappa shape index (κ3) is 5.55. The fourth-order valence-corrected chi connectivity index (χ4v) is 4.85. The van der Waals surface area contributed by atoms with Crippen molar-refractivity contribution >= 4 is 33.0 Å². The molecule has 1 saturated heterocycles. The minimum atomic E-state index is -3.87. The Hall–Kier alpha value is -3.43. The summed E-state index contributed by atoms with van der Waals surface area (Å²) < 4.78 is 41.0. The van der Waals surface area contributed by atoms with E-state index in [1.165, 1.54) is 31.2 Å². The van der Waals surface area contributed by atoms with Gasteiger partial charge in [-0.05, 0) is 86.3 Å². The Balaban J connectivity index is 1.38. The molecule has 3 aromatic rings. The van der Waals surface area contributed by atoms with Gasteiger partial charge in [0.1, 0.15) is 5.82 Å². The molecule has 1 heterocycles. The standard InChI is InChI=1S/C25H27FN4O3S/c1-18-17-23(11-12-24(18)26)34(32,33)28-21-5-3-19(4-6-21)25(31)27-20-7-9-22(10-8-20)30-15-13-29(2)14-16-30/h3-12,17,28H,13-16H2,1-2H3,(H,27,31). The highest BCUT2D eigenvalue weighted by Gasteiger charge is 2.17. The molecule has 0 aromatic heterocycles. The lowest BCUT2D eigenvalue weighted by molar-refractivity contribution is 0.102. The summed E-state index contributed by atoms with van der Waals surface area (Å²) in [5.74, 6) is -0.765. The van der Waals surface area contributed by atoms with Crippen LogP contribution in [0.15, 0.2) is 71.6 Å². The lowest BCUT2D eigenvalue weighted by atomic mass is 10.2. The SMILES string of the molecule is Cc1cc(S(=O)(=O)Nc2ccc(C(=O)Nc3ccc(N4CCN(C)CC4)cc3)cc2)ccc1F. The Bertz CT molecular complexity index is 1270. The first-order valence-electron chi connectivity index (χ1n) is 11.0. The quantitative estimate of drug-likeness (QED) is 0.556. The summed E-state index contributed by atoms with van der Waals surface area (Å²) in [6, 6.07) is 17.5. The summed E-state index contributed by atoms with van der Waals surface area (Å²) in [7, 11) is -1.76. The van der Waals surface area contributed by atoms with Crippen LogP contribution in [0.5, 0.6) is 0 Å². The molecule has 1 aliphatic heterocycles. The van der Waals surface area contributed by atoms with Gasteiger partial charge in [-0.3, -0.25) is 9.52 Å².